The number of hydrogen-bond acceptors (Lipinski definition) is 5. The Morgan fingerprint density at radius 2 is 2.35 bits per heavy atom. The van der Waals surface area contributed by atoms with Crippen molar-refractivity contribution in [2.24, 2.45) is 5.11 Å². The Morgan fingerprint density at radius 1 is 1.65 bits per heavy atom. The minimum absolute atomic E-state index is 0.254. The van der Waals surface area contributed by atoms with Gasteiger partial charge in [0.2, 0.25) is 0 Å². The molecule has 0 bridgehead atoms. The van der Waals surface area contributed by atoms with Crippen LogP contribution in [0.4, 0.5) is 0 Å². The maximum atomic E-state index is 11.8. The lowest BCUT2D eigenvalue weighted by atomic mass is 9.97. The monoisotopic (exact) mass is 281 g/mol. The summed E-state index contributed by atoms with van der Waals surface area (Å²) in [4.78, 5) is 28.0. The van der Waals surface area contributed by atoms with E-state index in [1.54, 1.807) is 6.92 Å². The summed E-state index contributed by atoms with van der Waals surface area (Å²) in [6.45, 7) is 1.04. The molecule has 1 fully saturated rings. The largest absolute Gasteiger partial charge is 0.396 e. The average Bonchev–Trinajstić information content (AvgIpc) is 2.73. The van der Waals surface area contributed by atoms with E-state index in [0.717, 1.165) is 0 Å². The van der Waals surface area contributed by atoms with Crippen molar-refractivity contribution in [2.75, 3.05) is 6.61 Å². The fraction of sp³-hybridized carbons (Fsp3) is 0.636. The first kappa shape index (κ1) is 14.3. The second-order valence-electron chi connectivity index (χ2n) is 4.98. The lowest BCUT2D eigenvalue weighted by molar-refractivity contribution is 0.0425. The summed E-state index contributed by atoms with van der Waals surface area (Å²) in [5.74, 6) is 0. The molecule has 3 N–H and O–H groups in total. The van der Waals surface area contributed by atoms with E-state index in [-0.39, 0.29) is 6.42 Å². The van der Waals surface area contributed by atoms with Gasteiger partial charge in [0.25, 0.3) is 5.56 Å². The molecule has 0 amide bonds. The van der Waals surface area contributed by atoms with Gasteiger partial charge in [0, 0.05) is 16.7 Å². The Kier molecular flexibility index (Phi) is 3.67. The first-order valence-electron chi connectivity index (χ1n) is 6.12. The van der Waals surface area contributed by atoms with Crippen molar-refractivity contribution in [3.8, 4) is 0 Å². The van der Waals surface area contributed by atoms with Crippen LogP contribution in [0.15, 0.2) is 20.9 Å². The summed E-state index contributed by atoms with van der Waals surface area (Å²) in [6.07, 6.45) is 0.765. The van der Waals surface area contributed by atoms with E-state index < -0.39 is 35.5 Å². The number of azide groups is 1. The van der Waals surface area contributed by atoms with E-state index >= 15 is 0 Å². The van der Waals surface area contributed by atoms with Gasteiger partial charge in [-0.1, -0.05) is 5.11 Å². The number of hydrogen-bond donors (Lipinski definition) is 3. The molecule has 0 radical (unpaired) electrons. The highest BCUT2D eigenvalue weighted by molar-refractivity contribution is 5.09. The summed E-state index contributed by atoms with van der Waals surface area (Å²) in [7, 11) is 0. The van der Waals surface area contributed by atoms with Gasteiger partial charge < -0.3 is 10.2 Å². The second-order valence-corrected chi connectivity index (χ2v) is 4.98. The molecular weight excluding hydrogens is 266 g/mol. The van der Waals surface area contributed by atoms with Gasteiger partial charge in [-0.05, 0) is 25.3 Å². The maximum absolute atomic E-state index is 11.8. The number of rotatable bonds is 3. The predicted molar refractivity (Wildman–Crippen MR) is 69.3 cm³/mol. The van der Waals surface area contributed by atoms with Gasteiger partial charge in [-0.25, -0.2) is 4.79 Å². The molecule has 2 rings (SSSR count). The second kappa shape index (κ2) is 5.12. The standard InChI is InChI=1S/C11H15N5O4/c1-6-4-16(10(20)13-9(6)19)7-2-3-11(5-17,8(7)18)14-15-12/h4,7-8,17-18H,2-3,5H2,1H3,(H,13,19,20)/t7-,8+,11+/m0/s1. The smallest absolute Gasteiger partial charge is 0.328 e. The fourth-order valence-electron chi connectivity index (χ4n) is 2.59. The molecule has 0 saturated heterocycles. The van der Waals surface area contributed by atoms with Crippen molar-refractivity contribution in [2.45, 2.75) is 37.5 Å². The summed E-state index contributed by atoms with van der Waals surface area (Å²) in [5, 5.41) is 23.2. The van der Waals surface area contributed by atoms with Gasteiger partial charge in [-0.2, -0.15) is 0 Å². The number of aromatic nitrogens is 2. The highest BCUT2D eigenvalue weighted by Gasteiger charge is 2.48. The molecule has 9 nitrogen and oxygen atoms in total. The number of aliphatic hydroxyl groups excluding tert-OH is 2. The van der Waals surface area contributed by atoms with Crippen molar-refractivity contribution in [1.82, 2.24) is 9.55 Å². The zero-order valence-corrected chi connectivity index (χ0v) is 10.9. The Balaban J connectivity index is 2.47. The zero-order valence-electron chi connectivity index (χ0n) is 10.9. The van der Waals surface area contributed by atoms with Crippen LogP contribution in [0, 0.1) is 6.92 Å². The fourth-order valence-corrected chi connectivity index (χ4v) is 2.59. The molecule has 1 saturated carbocycles. The Hall–Kier alpha value is -2.09. The minimum Gasteiger partial charge on any atom is -0.396 e. The first-order chi connectivity index (χ1) is 9.45. The van der Waals surface area contributed by atoms with Gasteiger partial charge in [0.15, 0.2) is 0 Å². The third-order valence-electron chi connectivity index (χ3n) is 3.81. The van der Waals surface area contributed by atoms with Crippen LogP contribution in [0.3, 0.4) is 0 Å². The number of nitrogens with zero attached hydrogens (tertiary/aromatic N) is 4. The molecule has 0 aliphatic heterocycles. The predicted octanol–water partition coefficient (Wildman–Crippen LogP) is -0.418. The quantitative estimate of drug-likeness (QED) is 0.392. The van der Waals surface area contributed by atoms with E-state index in [1.165, 1.54) is 10.8 Å². The molecule has 1 aliphatic carbocycles. The van der Waals surface area contributed by atoms with E-state index in [2.05, 4.69) is 15.0 Å². The van der Waals surface area contributed by atoms with Crippen LogP contribution in [0.25, 0.3) is 10.4 Å². The molecule has 9 heteroatoms. The molecule has 3 atom stereocenters. The molecule has 0 spiro atoms. The van der Waals surface area contributed by atoms with Crippen molar-refractivity contribution >= 4 is 0 Å². The lowest BCUT2D eigenvalue weighted by Crippen LogP contribution is -2.44. The van der Waals surface area contributed by atoms with Crippen LogP contribution >= 0.6 is 0 Å². The number of aliphatic hydroxyl groups is 2. The van der Waals surface area contributed by atoms with Crippen molar-refractivity contribution in [3.63, 3.8) is 0 Å². The Morgan fingerprint density at radius 3 is 2.95 bits per heavy atom. The topological polar surface area (TPSA) is 144 Å². The Labute approximate surface area is 113 Å². The normalized spacial score (nSPS) is 29.1. The van der Waals surface area contributed by atoms with Crippen molar-refractivity contribution in [3.05, 3.63) is 43.0 Å². The zero-order chi connectivity index (χ0) is 14.9. The van der Waals surface area contributed by atoms with Crippen molar-refractivity contribution in [1.29, 1.82) is 0 Å². The van der Waals surface area contributed by atoms with E-state index in [4.69, 9.17) is 5.53 Å². The molecule has 0 unspecified atom stereocenters. The summed E-state index contributed by atoms with van der Waals surface area (Å²) in [6, 6.07) is -0.657. The SMILES string of the molecule is Cc1cn([C@H]2CC[C@](CO)(N=[N+]=[N-])[C@@H]2O)c(=O)[nH]c1=O. The van der Waals surface area contributed by atoms with Crippen LogP contribution in [0.5, 0.6) is 0 Å². The highest BCUT2D eigenvalue weighted by Crippen LogP contribution is 2.40. The number of aromatic amines is 1. The molecular formula is C11H15N5O4. The molecule has 20 heavy (non-hydrogen) atoms. The van der Waals surface area contributed by atoms with E-state index in [9.17, 15) is 19.8 Å². The molecule has 1 aliphatic rings. The minimum atomic E-state index is -1.33. The van der Waals surface area contributed by atoms with Gasteiger partial charge in [-0.15, -0.1) is 0 Å². The molecule has 108 valence electrons. The highest BCUT2D eigenvalue weighted by atomic mass is 16.3. The number of nitrogens with one attached hydrogen (secondary N) is 1. The third kappa shape index (κ3) is 2.11. The number of H-pyrrole nitrogens is 1. The van der Waals surface area contributed by atoms with Crippen LogP contribution in [0.2, 0.25) is 0 Å². The van der Waals surface area contributed by atoms with Crippen LogP contribution < -0.4 is 11.2 Å². The summed E-state index contributed by atoms with van der Waals surface area (Å²) in [5.41, 5.74) is 6.43. The Bertz CT molecular complexity index is 674. The molecule has 1 aromatic rings. The van der Waals surface area contributed by atoms with Crippen LogP contribution in [0.1, 0.15) is 24.4 Å². The van der Waals surface area contributed by atoms with Gasteiger partial charge in [-0.3, -0.25) is 14.3 Å². The third-order valence-corrected chi connectivity index (χ3v) is 3.81. The van der Waals surface area contributed by atoms with Gasteiger partial charge >= 0.3 is 5.69 Å². The van der Waals surface area contributed by atoms with E-state index in [1.807, 2.05) is 0 Å². The van der Waals surface area contributed by atoms with E-state index in [0.29, 0.717) is 12.0 Å². The number of aryl methyl sites for hydroxylation is 1. The lowest BCUT2D eigenvalue weighted by Gasteiger charge is -2.27. The average molecular weight is 281 g/mol. The van der Waals surface area contributed by atoms with Crippen LogP contribution in [-0.2, 0) is 0 Å². The maximum Gasteiger partial charge on any atom is 0.328 e. The van der Waals surface area contributed by atoms with Crippen molar-refractivity contribution < 1.29 is 10.2 Å². The molecule has 0 aromatic carbocycles. The first-order valence-corrected chi connectivity index (χ1v) is 6.12. The summed E-state index contributed by atoms with van der Waals surface area (Å²) < 4.78 is 1.21. The van der Waals surface area contributed by atoms with Gasteiger partial charge in [0.1, 0.15) is 0 Å². The van der Waals surface area contributed by atoms with Gasteiger partial charge in [0.05, 0.1) is 24.3 Å². The summed E-state index contributed by atoms with van der Waals surface area (Å²) >= 11 is 0. The van der Waals surface area contributed by atoms with Crippen LogP contribution in [-0.4, -0.2) is 38.0 Å². The molecule has 1 aromatic heterocycles. The molecule has 1 heterocycles.